The lowest BCUT2D eigenvalue weighted by Crippen LogP contribution is -2.22. The summed E-state index contributed by atoms with van der Waals surface area (Å²) in [5, 5.41) is 2.91. The average Bonchev–Trinajstić information content (AvgIpc) is 2.37. The molecule has 0 aliphatic rings. The lowest BCUT2D eigenvalue weighted by Gasteiger charge is -2.06. The van der Waals surface area contributed by atoms with Crippen molar-refractivity contribution in [1.29, 1.82) is 0 Å². The van der Waals surface area contributed by atoms with Gasteiger partial charge in [0.1, 0.15) is 5.75 Å². The number of methoxy groups -OCH3 is 1. The van der Waals surface area contributed by atoms with Gasteiger partial charge in [-0.2, -0.15) is 11.8 Å². The van der Waals surface area contributed by atoms with Crippen molar-refractivity contribution in [2.24, 2.45) is 0 Å². The zero-order valence-corrected chi connectivity index (χ0v) is 11.2. The maximum atomic E-state index is 11.5. The van der Waals surface area contributed by atoms with E-state index < -0.39 is 0 Å². The van der Waals surface area contributed by atoms with E-state index in [-0.39, 0.29) is 5.91 Å². The van der Waals surface area contributed by atoms with Gasteiger partial charge in [-0.05, 0) is 36.1 Å². The minimum atomic E-state index is 0.120. The van der Waals surface area contributed by atoms with Crippen LogP contribution in [0.3, 0.4) is 0 Å². The second-order valence-electron chi connectivity index (χ2n) is 3.72. The molecule has 0 atom stereocenters. The summed E-state index contributed by atoms with van der Waals surface area (Å²) in [5.41, 5.74) is 1.09. The van der Waals surface area contributed by atoms with Crippen molar-refractivity contribution in [3.8, 4) is 5.75 Å². The molecule has 1 aromatic carbocycles. The third-order valence-electron chi connectivity index (χ3n) is 2.40. The van der Waals surface area contributed by atoms with E-state index >= 15 is 0 Å². The maximum Gasteiger partial charge on any atom is 0.220 e. The van der Waals surface area contributed by atoms with Gasteiger partial charge in [0.05, 0.1) is 7.11 Å². The van der Waals surface area contributed by atoms with Crippen molar-refractivity contribution in [1.82, 2.24) is 5.32 Å². The molecule has 0 saturated heterocycles. The van der Waals surface area contributed by atoms with Gasteiger partial charge in [-0.3, -0.25) is 4.79 Å². The van der Waals surface area contributed by atoms with Gasteiger partial charge in [-0.15, -0.1) is 0 Å². The van der Waals surface area contributed by atoms with Crippen LogP contribution in [0.25, 0.3) is 0 Å². The molecule has 0 saturated carbocycles. The predicted octanol–water partition coefficient (Wildman–Crippen LogP) is 2.45. The van der Waals surface area contributed by atoms with Crippen molar-refractivity contribution in [2.45, 2.75) is 19.4 Å². The summed E-state index contributed by atoms with van der Waals surface area (Å²) < 4.78 is 5.07. The van der Waals surface area contributed by atoms with Crippen LogP contribution in [0, 0.1) is 0 Å². The zero-order valence-electron chi connectivity index (χ0n) is 10.4. The standard InChI is InChI=1S/C13H19NO2S/c1-16-12-7-5-11(6-8-12)10-14-13(15)4-3-9-17-2/h5-8H,3-4,9-10H2,1-2H3,(H,14,15). The summed E-state index contributed by atoms with van der Waals surface area (Å²) in [6.45, 7) is 0.585. The Morgan fingerprint density at radius 2 is 2.06 bits per heavy atom. The minimum absolute atomic E-state index is 0.120. The molecule has 0 unspecified atom stereocenters. The van der Waals surface area contributed by atoms with E-state index in [0.29, 0.717) is 13.0 Å². The molecule has 94 valence electrons. The molecule has 0 aromatic heterocycles. The number of rotatable bonds is 7. The van der Waals surface area contributed by atoms with Crippen LogP contribution in [0.15, 0.2) is 24.3 Å². The Morgan fingerprint density at radius 3 is 2.65 bits per heavy atom. The molecular formula is C13H19NO2S. The van der Waals surface area contributed by atoms with Gasteiger partial charge >= 0.3 is 0 Å². The molecule has 0 aliphatic carbocycles. The van der Waals surface area contributed by atoms with Gasteiger partial charge in [0.2, 0.25) is 5.91 Å². The third-order valence-corrected chi connectivity index (χ3v) is 3.10. The van der Waals surface area contributed by atoms with Crippen LogP contribution in [0.4, 0.5) is 0 Å². The number of amides is 1. The van der Waals surface area contributed by atoms with Crippen LogP contribution < -0.4 is 10.1 Å². The number of carbonyl (C=O) groups is 1. The number of hydrogen-bond acceptors (Lipinski definition) is 3. The molecule has 3 nitrogen and oxygen atoms in total. The van der Waals surface area contributed by atoms with E-state index in [1.54, 1.807) is 18.9 Å². The SMILES string of the molecule is COc1ccc(CNC(=O)CCCSC)cc1. The first kappa shape index (κ1) is 13.9. The molecule has 1 N–H and O–H groups in total. The van der Waals surface area contributed by atoms with Crippen molar-refractivity contribution in [2.75, 3.05) is 19.1 Å². The van der Waals surface area contributed by atoms with Crippen molar-refractivity contribution >= 4 is 17.7 Å². The molecule has 0 aliphatic heterocycles. The summed E-state index contributed by atoms with van der Waals surface area (Å²) in [5.74, 6) is 1.99. The number of ether oxygens (including phenoxy) is 1. The average molecular weight is 253 g/mol. The largest absolute Gasteiger partial charge is 0.497 e. The number of nitrogens with one attached hydrogen (secondary N) is 1. The minimum Gasteiger partial charge on any atom is -0.497 e. The first-order valence-electron chi connectivity index (χ1n) is 5.65. The van der Waals surface area contributed by atoms with Crippen LogP contribution in [-0.4, -0.2) is 25.0 Å². The van der Waals surface area contributed by atoms with Gasteiger partial charge in [-0.1, -0.05) is 12.1 Å². The van der Waals surface area contributed by atoms with Crippen molar-refractivity contribution in [3.63, 3.8) is 0 Å². The van der Waals surface area contributed by atoms with Crippen LogP contribution in [0.2, 0.25) is 0 Å². The first-order valence-corrected chi connectivity index (χ1v) is 7.04. The molecule has 1 aromatic rings. The van der Waals surface area contributed by atoms with Gasteiger partial charge in [0.25, 0.3) is 0 Å². The smallest absolute Gasteiger partial charge is 0.220 e. The zero-order chi connectivity index (χ0) is 12.5. The monoisotopic (exact) mass is 253 g/mol. The Kier molecular flexibility index (Phi) is 6.55. The highest BCUT2D eigenvalue weighted by Gasteiger charge is 2.01. The number of hydrogen-bond donors (Lipinski definition) is 1. The predicted molar refractivity (Wildman–Crippen MR) is 72.5 cm³/mol. The van der Waals surface area contributed by atoms with Crippen molar-refractivity contribution < 1.29 is 9.53 Å². The lowest BCUT2D eigenvalue weighted by molar-refractivity contribution is -0.121. The Morgan fingerprint density at radius 1 is 1.35 bits per heavy atom. The number of thioether (sulfide) groups is 1. The molecule has 1 amide bonds. The highest BCUT2D eigenvalue weighted by molar-refractivity contribution is 7.98. The first-order chi connectivity index (χ1) is 8.26. The summed E-state index contributed by atoms with van der Waals surface area (Å²) in [6.07, 6.45) is 3.60. The van der Waals surface area contributed by atoms with E-state index in [4.69, 9.17) is 4.74 Å². The normalized spacial score (nSPS) is 10.0. The molecular weight excluding hydrogens is 234 g/mol. The van der Waals surface area contributed by atoms with Crippen LogP contribution in [0.5, 0.6) is 5.75 Å². The summed E-state index contributed by atoms with van der Waals surface area (Å²) >= 11 is 1.77. The fraction of sp³-hybridized carbons (Fsp3) is 0.462. The Labute approximate surface area is 107 Å². The molecule has 1 rings (SSSR count). The van der Waals surface area contributed by atoms with E-state index in [1.807, 2.05) is 24.3 Å². The molecule has 0 bridgehead atoms. The molecule has 4 heteroatoms. The number of carbonyl (C=O) groups excluding carboxylic acids is 1. The highest BCUT2D eigenvalue weighted by Crippen LogP contribution is 2.11. The van der Waals surface area contributed by atoms with Gasteiger partial charge in [0, 0.05) is 13.0 Å². The summed E-state index contributed by atoms with van der Waals surface area (Å²) in [7, 11) is 1.64. The van der Waals surface area contributed by atoms with Crippen LogP contribution in [0.1, 0.15) is 18.4 Å². The molecule has 0 fully saturated rings. The second kappa shape index (κ2) is 8.01. The topological polar surface area (TPSA) is 38.3 Å². The quantitative estimate of drug-likeness (QED) is 0.759. The van der Waals surface area contributed by atoms with Crippen molar-refractivity contribution in [3.05, 3.63) is 29.8 Å². The van der Waals surface area contributed by atoms with E-state index in [1.165, 1.54) is 0 Å². The number of benzene rings is 1. The fourth-order valence-corrected chi connectivity index (χ4v) is 1.84. The van der Waals surface area contributed by atoms with E-state index in [9.17, 15) is 4.79 Å². The van der Waals surface area contributed by atoms with E-state index in [2.05, 4.69) is 11.6 Å². The van der Waals surface area contributed by atoms with Gasteiger partial charge in [-0.25, -0.2) is 0 Å². The molecule has 0 spiro atoms. The molecule has 0 heterocycles. The lowest BCUT2D eigenvalue weighted by atomic mass is 10.2. The van der Waals surface area contributed by atoms with E-state index in [0.717, 1.165) is 23.5 Å². The van der Waals surface area contributed by atoms with Gasteiger partial charge < -0.3 is 10.1 Å². The summed E-state index contributed by atoms with van der Waals surface area (Å²) in [4.78, 5) is 11.5. The Balaban J connectivity index is 2.27. The summed E-state index contributed by atoms with van der Waals surface area (Å²) in [6, 6.07) is 7.71. The maximum absolute atomic E-state index is 11.5. The Bertz CT molecular complexity index is 338. The van der Waals surface area contributed by atoms with Gasteiger partial charge in [0.15, 0.2) is 0 Å². The second-order valence-corrected chi connectivity index (χ2v) is 4.71. The Hall–Kier alpha value is -1.16. The fourth-order valence-electron chi connectivity index (χ4n) is 1.41. The highest BCUT2D eigenvalue weighted by atomic mass is 32.2. The van der Waals surface area contributed by atoms with Crippen LogP contribution in [-0.2, 0) is 11.3 Å². The molecule has 17 heavy (non-hydrogen) atoms. The van der Waals surface area contributed by atoms with Crippen LogP contribution >= 0.6 is 11.8 Å². The third kappa shape index (κ3) is 5.63. The molecule has 0 radical (unpaired) electrons.